The summed E-state index contributed by atoms with van der Waals surface area (Å²) in [7, 11) is 1.64. The van der Waals surface area contributed by atoms with Crippen LogP contribution in [0.15, 0.2) is 24.4 Å². The highest BCUT2D eigenvalue weighted by molar-refractivity contribution is 6.02. The zero-order valence-corrected chi connectivity index (χ0v) is 16.2. The van der Waals surface area contributed by atoms with Crippen LogP contribution in [0.4, 0.5) is 16.4 Å². The molecule has 0 unspecified atom stereocenters. The molecular weight excluding hydrogens is 328 g/mol. The molecule has 0 bridgehead atoms. The summed E-state index contributed by atoms with van der Waals surface area (Å²) < 4.78 is 5.51. The van der Waals surface area contributed by atoms with Crippen LogP contribution < -0.4 is 15.0 Å². The zero-order valence-electron chi connectivity index (χ0n) is 16.2. The molecule has 1 aromatic heterocycles. The van der Waals surface area contributed by atoms with Gasteiger partial charge in [-0.3, -0.25) is 4.90 Å². The van der Waals surface area contributed by atoms with Gasteiger partial charge in [-0.1, -0.05) is 40.7 Å². The van der Waals surface area contributed by atoms with Crippen molar-refractivity contribution in [3.63, 3.8) is 0 Å². The largest absolute Gasteiger partial charge is 0.496 e. The van der Waals surface area contributed by atoms with E-state index in [0.717, 1.165) is 11.3 Å². The molecule has 0 saturated heterocycles. The van der Waals surface area contributed by atoms with E-state index in [9.17, 15) is 4.79 Å². The molecule has 1 aliphatic heterocycles. The monoisotopic (exact) mass is 353 g/mol. The minimum Gasteiger partial charge on any atom is -0.496 e. The van der Waals surface area contributed by atoms with Gasteiger partial charge in [0, 0.05) is 12.1 Å². The SMILES string of the molecule is COc1ccc(C(C)C)cc1-c1cnc2c(n1)N(CC(C)(C)C)C(=O)[N]2. The average molecular weight is 353 g/mol. The molecule has 1 aromatic carbocycles. The molecule has 137 valence electrons. The average Bonchev–Trinajstić information content (AvgIpc) is 2.87. The van der Waals surface area contributed by atoms with Gasteiger partial charge in [0.2, 0.25) is 5.82 Å². The summed E-state index contributed by atoms with van der Waals surface area (Å²) in [6.07, 6.45) is 1.65. The predicted octanol–water partition coefficient (Wildman–Crippen LogP) is 4.50. The third-order valence-electron chi connectivity index (χ3n) is 4.22. The molecule has 0 atom stereocenters. The van der Waals surface area contributed by atoms with Crippen molar-refractivity contribution in [1.82, 2.24) is 15.3 Å². The number of hydrogen-bond donors (Lipinski definition) is 0. The van der Waals surface area contributed by atoms with Crippen molar-refractivity contribution in [2.24, 2.45) is 5.41 Å². The Balaban J connectivity index is 2.07. The lowest BCUT2D eigenvalue weighted by Gasteiger charge is -2.24. The van der Waals surface area contributed by atoms with Gasteiger partial charge in [-0.2, -0.15) is 5.32 Å². The van der Waals surface area contributed by atoms with Crippen LogP contribution in [-0.2, 0) is 0 Å². The van der Waals surface area contributed by atoms with Gasteiger partial charge in [0.1, 0.15) is 5.75 Å². The Bertz CT molecular complexity index is 840. The first kappa shape index (κ1) is 18.2. The number of nitrogens with zero attached hydrogens (tertiary/aromatic N) is 4. The van der Waals surface area contributed by atoms with Crippen molar-refractivity contribution >= 4 is 17.7 Å². The summed E-state index contributed by atoms with van der Waals surface area (Å²) in [6.45, 7) is 11.0. The smallest absolute Gasteiger partial charge is 0.351 e. The number of anilines is 1. The summed E-state index contributed by atoms with van der Waals surface area (Å²) in [4.78, 5) is 23.0. The van der Waals surface area contributed by atoms with Crippen LogP contribution in [0.25, 0.3) is 11.3 Å². The Morgan fingerprint density at radius 1 is 1.23 bits per heavy atom. The van der Waals surface area contributed by atoms with Gasteiger partial charge in [-0.15, -0.1) is 0 Å². The minimum atomic E-state index is -0.310. The highest BCUT2D eigenvalue weighted by Crippen LogP contribution is 2.36. The van der Waals surface area contributed by atoms with E-state index in [4.69, 9.17) is 9.72 Å². The van der Waals surface area contributed by atoms with Gasteiger partial charge in [0.05, 0.1) is 19.0 Å². The third-order valence-corrected chi connectivity index (χ3v) is 4.22. The summed E-state index contributed by atoms with van der Waals surface area (Å²) in [6, 6.07) is 5.76. The van der Waals surface area contributed by atoms with Gasteiger partial charge < -0.3 is 4.74 Å². The number of rotatable bonds is 4. The molecule has 0 spiro atoms. The fraction of sp³-hybridized carbons (Fsp3) is 0.450. The van der Waals surface area contributed by atoms with Crippen molar-refractivity contribution in [2.45, 2.75) is 40.5 Å². The quantitative estimate of drug-likeness (QED) is 0.811. The molecule has 2 heterocycles. The maximum atomic E-state index is 12.3. The van der Waals surface area contributed by atoms with Crippen LogP contribution >= 0.6 is 0 Å². The molecule has 1 radical (unpaired) electrons. The Morgan fingerprint density at radius 3 is 2.58 bits per heavy atom. The molecular formula is C20H25N4O2. The molecule has 0 fully saturated rings. The Kier molecular flexibility index (Phi) is 4.61. The maximum absolute atomic E-state index is 12.3. The zero-order chi connectivity index (χ0) is 19.1. The molecule has 26 heavy (non-hydrogen) atoms. The molecule has 0 N–H and O–H groups in total. The lowest BCUT2D eigenvalue weighted by atomic mass is 9.96. The fourth-order valence-corrected chi connectivity index (χ4v) is 2.91. The third kappa shape index (κ3) is 3.49. The number of carbonyl (C=O) groups is 1. The molecule has 2 amide bonds. The van der Waals surface area contributed by atoms with Gasteiger partial charge >= 0.3 is 6.03 Å². The number of methoxy groups -OCH3 is 1. The predicted molar refractivity (Wildman–Crippen MR) is 102 cm³/mol. The normalized spacial score (nSPS) is 13.8. The number of benzene rings is 1. The number of ether oxygens (including phenoxy) is 1. The molecule has 0 aliphatic carbocycles. The van der Waals surface area contributed by atoms with E-state index >= 15 is 0 Å². The minimum absolute atomic E-state index is 0.0697. The van der Waals surface area contributed by atoms with E-state index in [2.05, 4.69) is 57.1 Å². The first-order chi connectivity index (χ1) is 12.2. The van der Waals surface area contributed by atoms with E-state index < -0.39 is 0 Å². The highest BCUT2D eigenvalue weighted by Gasteiger charge is 2.34. The maximum Gasteiger partial charge on any atom is 0.351 e. The second-order valence-corrected chi connectivity index (χ2v) is 8.06. The number of amides is 2. The van der Waals surface area contributed by atoms with Crippen LogP contribution in [0.3, 0.4) is 0 Å². The first-order valence-corrected chi connectivity index (χ1v) is 8.78. The van der Waals surface area contributed by atoms with E-state index in [0.29, 0.717) is 29.8 Å². The second kappa shape index (κ2) is 6.59. The van der Waals surface area contributed by atoms with Crippen molar-refractivity contribution < 1.29 is 9.53 Å². The number of hydrogen-bond acceptors (Lipinski definition) is 4. The summed E-state index contributed by atoms with van der Waals surface area (Å²) in [5.74, 6) is 2.00. The lowest BCUT2D eigenvalue weighted by Crippen LogP contribution is -2.36. The standard InChI is InChI=1S/C20H25N4O2/c1-12(2)13-7-8-16(26-6)14(9-13)15-10-21-17-18(22-15)24(19(25)23-17)11-20(3,4)5/h7-10,12H,11H2,1-6H3. The number of fused-ring (bicyclic) bond motifs is 1. The van der Waals surface area contributed by atoms with Gasteiger partial charge in [0.15, 0.2) is 5.82 Å². The fourth-order valence-electron chi connectivity index (χ4n) is 2.91. The molecule has 1 aliphatic rings. The van der Waals surface area contributed by atoms with Crippen LogP contribution in [0.5, 0.6) is 5.75 Å². The van der Waals surface area contributed by atoms with Gasteiger partial charge in [-0.05, 0) is 29.0 Å². The number of carbonyl (C=O) groups excluding carboxylic acids is 1. The molecule has 0 saturated carbocycles. The van der Waals surface area contributed by atoms with E-state index in [1.165, 1.54) is 5.56 Å². The second-order valence-electron chi connectivity index (χ2n) is 8.06. The number of urea groups is 1. The summed E-state index contributed by atoms with van der Waals surface area (Å²) in [5, 5.41) is 4.02. The van der Waals surface area contributed by atoms with E-state index in [1.807, 2.05) is 6.07 Å². The van der Waals surface area contributed by atoms with Crippen molar-refractivity contribution in [3.8, 4) is 17.0 Å². The molecule has 2 aromatic rings. The van der Waals surface area contributed by atoms with Gasteiger partial charge in [0.25, 0.3) is 0 Å². The molecule has 3 rings (SSSR count). The number of aromatic nitrogens is 2. The molecule has 6 heteroatoms. The molecule has 6 nitrogen and oxygen atoms in total. The first-order valence-electron chi connectivity index (χ1n) is 8.78. The van der Waals surface area contributed by atoms with Crippen LogP contribution in [-0.4, -0.2) is 29.7 Å². The van der Waals surface area contributed by atoms with E-state index in [1.54, 1.807) is 18.2 Å². The highest BCUT2D eigenvalue weighted by atomic mass is 16.5. The lowest BCUT2D eigenvalue weighted by molar-refractivity contribution is 0.247. The van der Waals surface area contributed by atoms with Crippen molar-refractivity contribution in [3.05, 3.63) is 30.0 Å². The van der Waals surface area contributed by atoms with Crippen molar-refractivity contribution in [1.29, 1.82) is 0 Å². The Labute approximate surface area is 154 Å². The summed E-state index contributed by atoms with van der Waals surface area (Å²) >= 11 is 0. The Morgan fingerprint density at radius 2 is 1.96 bits per heavy atom. The van der Waals surface area contributed by atoms with Crippen LogP contribution in [0, 0.1) is 5.41 Å². The van der Waals surface area contributed by atoms with Crippen LogP contribution in [0.1, 0.15) is 46.1 Å². The summed E-state index contributed by atoms with van der Waals surface area (Å²) in [5.41, 5.74) is 2.66. The van der Waals surface area contributed by atoms with E-state index in [-0.39, 0.29) is 11.4 Å². The topological polar surface area (TPSA) is 69.4 Å². The van der Waals surface area contributed by atoms with Crippen LogP contribution in [0.2, 0.25) is 0 Å². The Hall–Kier alpha value is -2.63. The van der Waals surface area contributed by atoms with Crippen molar-refractivity contribution in [2.75, 3.05) is 18.6 Å². The van der Waals surface area contributed by atoms with Gasteiger partial charge in [-0.25, -0.2) is 14.8 Å².